The van der Waals surface area contributed by atoms with Gasteiger partial charge in [0.05, 0.1) is 0 Å². The second-order valence-corrected chi connectivity index (χ2v) is 4.68. The third-order valence-electron chi connectivity index (χ3n) is 2.73. The van der Waals surface area contributed by atoms with Crippen molar-refractivity contribution in [2.24, 2.45) is 4.99 Å². The van der Waals surface area contributed by atoms with Crippen molar-refractivity contribution in [1.29, 1.82) is 0 Å². The molecule has 0 fully saturated rings. The molecular weight excluding hydrogens is 218 g/mol. The van der Waals surface area contributed by atoms with Gasteiger partial charge >= 0.3 is 0 Å². The van der Waals surface area contributed by atoms with Gasteiger partial charge in [0.1, 0.15) is 0 Å². The van der Waals surface area contributed by atoms with E-state index in [1.54, 1.807) is 0 Å². The zero-order valence-electron chi connectivity index (χ0n) is 11.7. The van der Waals surface area contributed by atoms with Crippen molar-refractivity contribution in [3.05, 3.63) is 59.9 Å². The van der Waals surface area contributed by atoms with E-state index in [1.165, 1.54) is 23.3 Å². The van der Waals surface area contributed by atoms with Gasteiger partial charge in [-0.15, -0.1) is 0 Å². The molecule has 1 nitrogen and oxygen atoms in total. The number of nitrogens with zero attached hydrogens (tertiary/aromatic N) is 1. The molecule has 0 unspecified atom stereocenters. The van der Waals surface area contributed by atoms with Crippen molar-refractivity contribution >= 4 is 5.71 Å². The molecule has 1 heterocycles. The monoisotopic (exact) mass is 241 g/mol. The van der Waals surface area contributed by atoms with Crippen LogP contribution in [0.5, 0.6) is 0 Å². The first-order valence-electron chi connectivity index (χ1n) is 6.52. The smallest absolute Gasteiger partial charge is 0.0231 e. The fourth-order valence-electron chi connectivity index (χ4n) is 1.59. The summed E-state index contributed by atoms with van der Waals surface area (Å²) in [6.07, 6.45) is 20.2. The summed E-state index contributed by atoms with van der Waals surface area (Å²) in [6, 6.07) is 0. The first-order chi connectivity index (χ1) is 8.68. The van der Waals surface area contributed by atoms with Gasteiger partial charge < -0.3 is 0 Å². The van der Waals surface area contributed by atoms with Crippen LogP contribution in [0.15, 0.2) is 64.9 Å². The highest BCUT2D eigenvalue weighted by atomic mass is 14.7. The van der Waals surface area contributed by atoms with Gasteiger partial charge in [-0.25, -0.2) is 0 Å². The normalized spacial score (nSPS) is 18.5. The lowest BCUT2D eigenvalue weighted by atomic mass is 10.3. The Morgan fingerprint density at radius 3 is 2.00 bits per heavy atom. The Morgan fingerprint density at radius 2 is 1.83 bits per heavy atom. The summed E-state index contributed by atoms with van der Waals surface area (Å²) >= 11 is 0. The molecule has 3 aliphatic rings. The van der Waals surface area contributed by atoms with Gasteiger partial charge in [0.2, 0.25) is 0 Å². The van der Waals surface area contributed by atoms with E-state index in [1.807, 2.05) is 13.1 Å². The predicted octanol–water partition coefficient (Wildman–Crippen LogP) is 5.15. The molecule has 3 rings (SSSR count). The zero-order valence-corrected chi connectivity index (χ0v) is 11.7. The van der Waals surface area contributed by atoms with Crippen LogP contribution in [0, 0.1) is 0 Å². The van der Waals surface area contributed by atoms with Crippen LogP contribution in [0.3, 0.4) is 0 Å². The third-order valence-corrected chi connectivity index (χ3v) is 2.73. The lowest BCUT2D eigenvalue weighted by Crippen LogP contribution is -1.78. The van der Waals surface area contributed by atoms with Crippen molar-refractivity contribution in [1.82, 2.24) is 0 Å². The summed E-state index contributed by atoms with van der Waals surface area (Å²) in [4.78, 5) is 3.97. The Kier molecular flexibility index (Phi) is 6.78. The lowest BCUT2D eigenvalue weighted by Gasteiger charge is -1.78. The first-order valence-corrected chi connectivity index (χ1v) is 6.52. The number of hydrogen-bond acceptors (Lipinski definition) is 1. The zero-order chi connectivity index (χ0) is 13.2. The maximum absolute atomic E-state index is 3.97. The minimum Gasteiger partial charge on any atom is -0.266 e. The number of hydrogen-bond donors (Lipinski definition) is 0. The molecule has 0 aromatic carbocycles. The van der Waals surface area contributed by atoms with E-state index in [0.29, 0.717) is 0 Å². The highest BCUT2D eigenvalue weighted by Gasteiger charge is 1.88. The molecule has 1 aliphatic heterocycles. The van der Waals surface area contributed by atoms with Gasteiger partial charge in [0.25, 0.3) is 0 Å². The van der Waals surface area contributed by atoms with E-state index in [4.69, 9.17) is 0 Å². The largest absolute Gasteiger partial charge is 0.266 e. The van der Waals surface area contributed by atoms with Crippen molar-refractivity contribution < 1.29 is 0 Å². The Balaban J connectivity index is 0.000000135. The van der Waals surface area contributed by atoms with Crippen LogP contribution in [-0.4, -0.2) is 5.71 Å². The predicted molar refractivity (Wildman–Crippen MR) is 81.9 cm³/mol. The summed E-state index contributed by atoms with van der Waals surface area (Å²) in [5.74, 6) is 0. The third kappa shape index (κ3) is 6.85. The molecule has 0 radical (unpaired) electrons. The summed E-state index contributed by atoms with van der Waals surface area (Å²) in [7, 11) is 0. The molecule has 0 bridgehead atoms. The van der Waals surface area contributed by atoms with Gasteiger partial charge in [0, 0.05) is 18.3 Å². The molecule has 0 aromatic rings. The topological polar surface area (TPSA) is 12.4 Å². The molecule has 0 amide bonds. The summed E-state index contributed by atoms with van der Waals surface area (Å²) in [5, 5.41) is 0. The SMILES string of the molecule is CC1=CC=CC1.CC1=CCC=C1.CC1=NC=CC1. The van der Waals surface area contributed by atoms with Crippen LogP contribution in [0.4, 0.5) is 0 Å². The average Bonchev–Trinajstić information content (AvgIpc) is 3.05. The van der Waals surface area contributed by atoms with Gasteiger partial charge in [-0.2, -0.15) is 0 Å². The van der Waals surface area contributed by atoms with E-state index >= 15 is 0 Å². The average molecular weight is 241 g/mol. The van der Waals surface area contributed by atoms with Crippen LogP contribution < -0.4 is 0 Å². The fraction of sp³-hybridized carbons (Fsp3) is 0.353. The lowest BCUT2D eigenvalue weighted by molar-refractivity contribution is 1.25. The molecule has 1 heteroatoms. The molecule has 0 spiro atoms. The minimum absolute atomic E-state index is 1.06. The van der Waals surface area contributed by atoms with Crippen LogP contribution in [0.1, 0.15) is 40.0 Å². The second kappa shape index (κ2) is 8.46. The summed E-state index contributed by atoms with van der Waals surface area (Å²) < 4.78 is 0. The first kappa shape index (κ1) is 14.4. The van der Waals surface area contributed by atoms with Crippen LogP contribution in [0.2, 0.25) is 0 Å². The van der Waals surface area contributed by atoms with Crippen LogP contribution >= 0.6 is 0 Å². The molecule has 0 aromatic heterocycles. The van der Waals surface area contributed by atoms with E-state index in [-0.39, 0.29) is 0 Å². The molecule has 0 saturated carbocycles. The number of allylic oxidation sites excluding steroid dienone is 9. The molecule has 18 heavy (non-hydrogen) atoms. The van der Waals surface area contributed by atoms with Crippen molar-refractivity contribution in [3.8, 4) is 0 Å². The van der Waals surface area contributed by atoms with E-state index in [0.717, 1.165) is 12.8 Å². The standard InChI is InChI=1S/2C6H8.C5H7N/c2*1-6-4-2-3-5-6;1-5-3-2-4-6-5/h2,4-5H,3H2,1H3;2-4H,5H2,1H3;2,4H,3H2,1H3. The van der Waals surface area contributed by atoms with E-state index < -0.39 is 0 Å². The van der Waals surface area contributed by atoms with Gasteiger partial charge in [0.15, 0.2) is 0 Å². The summed E-state index contributed by atoms with van der Waals surface area (Å²) in [5.41, 5.74) is 4.08. The van der Waals surface area contributed by atoms with Crippen molar-refractivity contribution in [2.45, 2.75) is 40.0 Å². The Labute approximate surface area is 111 Å². The molecule has 96 valence electrons. The van der Waals surface area contributed by atoms with Crippen LogP contribution in [-0.2, 0) is 0 Å². The maximum atomic E-state index is 3.97. The van der Waals surface area contributed by atoms with Crippen LogP contribution in [0.25, 0.3) is 0 Å². The van der Waals surface area contributed by atoms with Gasteiger partial charge in [-0.3, -0.25) is 4.99 Å². The van der Waals surface area contributed by atoms with Crippen molar-refractivity contribution in [3.63, 3.8) is 0 Å². The second-order valence-electron chi connectivity index (χ2n) is 4.68. The summed E-state index contributed by atoms with van der Waals surface area (Å²) in [6.45, 7) is 6.28. The molecule has 2 aliphatic carbocycles. The molecule has 0 N–H and O–H groups in total. The van der Waals surface area contributed by atoms with Gasteiger partial charge in [-0.1, -0.05) is 53.7 Å². The molecule has 0 atom stereocenters. The number of aliphatic imine (C=N–C) groups is 1. The van der Waals surface area contributed by atoms with E-state index in [2.05, 4.69) is 61.4 Å². The fourth-order valence-corrected chi connectivity index (χ4v) is 1.59. The Bertz CT molecular complexity index is 398. The Morgan fingerprint density at radius 1 is 1.00 bits per heavy atom. The Hall–Kier alpha value is -1.63. The highest BCUT2D eigenvalue weighted by Crippen LogP contribution is 2.06. The van der Waals surface area contributed by atoms with Crippen molar-refractivity contribution in [2.75, 3.05) is 0 Å². The number of rotatable bonds is 0. The molecular formula is C17H23N. The maximum Gasteiger partial charge on any atom is 0.0231 e. The highest BCUT2D eigenvalue weighted by molar-refractivity contribution is 5.85. The van der Waals surface area contributed by atoms with Gasteiger partial charge in [-0.05, 0) is 33.6 Å². The quantitative estimate of drug-likeness (QED) is 0.556. The molecule has 0 saturated heterocycles. The van der Waals surface area contributed by atoms with E-state index in [9.17, 15) is 0 Å². The minimum atomic E-state index is 1.06.